The largest absolute Gasteiger partial charge is 0.480 e. The Morgan fingerprint density at radius 1 is 1.40 bits per heavy atom. The Morgan fingerprint density at radius 2 is 2.15 bits per heavy atom. The SMILES string of the molecule is C[C@@H]1CNC[C@H]1C(=O)Nc1ccccc1OCC(=O)O. The zero-order valence-electron chi connectivity index (χ0n) is 11.3. The van der Waals surface area contributed by atoms with Crippen molar-refractivity contribution < 1.29 is 19.4 Å². The van der Waals surface area contributed by atoms with Crippen LogP contribution in [-0.2, 0) is 9.59 Å². The Bertz CT molecular complexity index is 504. The number of rotatable bonds is 5. The van der Waals surface area contributed by atoms with Gasteiger partial charge in [-0.25, -0.2) is 4.79 Å². The maximum Gasteiger partial charge on any atom is 0.341 e. The number of nitrogens with one attached hydrogen (secondary N) is 2. The topological polar surface area (TPSA) is 87.7 Å². The second kappa shape index (κ2) is 6.38. The highest BCUT2D eigenvalue weighted by atomic mass is 16.5. The standard InChI is InChI=1S/C14H18N2O4/c1-9-6-15-7-10(9)14(19)16-11-4-2-3-5-12(11)20-8-13(17)18/h2-5,9-10,15H,6-8H2,1H3,(H,16,19)(H,17,18)/t9-,10-/m1/s1. The molecule has 1 heterocycles. The number of ether oxygens (including phenoxy) is 1. The van der Waals surface area contributed by atoms with Crippen LogP contribution in [0.2, 0.25) is 0 Å². The first-order valence-electron chi connectivity index (χ1n) is 6.53. The van der Waals surface area contributed by atoms with Crippen molar-refractivity contribution in [3.63, 3.8) is 0 Å². The highest BCUT2D eigenvalue weighted by Crippen LogP contribution is 2.26. The normalized spacial score (nSPS) is 21.4. The summed E-state index contributed by atoms with van der Waals surface area (Å²) in [5.41, 5.74) is 0.498. The number of para-hydroxylation sites is 2. The van der Waals surface area contributed by atoms with Crippen LogP contribution >= 0.6 is 0 Å². The smallest absolute Gasteiger partial charge is 0.341 e. The molecule has 0 aromatic heterocycles. The fraction of sp³-hybridized carbons (Fsp3) is 0.429. The molecule has 1 aromatic rings. The highest BCUT2D eigenvalue weighted by Gasteiger charge is 2.29. The molecule has 1 aliphatic rings. The molecule has 0 unspecified atom stereocenters. The summed E-state index contributed by atoms with van der Waals surface area (Å²) >= 11 is 0. The van der Waals surface area contributed by atoms with E-state index in [1.165, 1.54) is 0 Å². The van der Waals surface area contributed by atoms with E-state index in [9.17, 15) is 9.59 Å². The molecule has 0 spiro atoms. The van der Waals surface area contributed by atoms with Gasteiger partial charge in [-0.2, -0.15) is 0 Å². The molecule has 108 valence electrons. The summed E-state index contributed by atoms with van der Waals surface area (Å²) < 4.78 is 5.16. The van der Waals surface area contributed by atoms with E-state index in [0.29, 0.717) is 18.0 Å². The average Bonchev–Trinajstić information content (AvgIpc) is 2.84. The molecule has 0 aliphatic carbocycles. The maximum absolute atomic E-state index is 12.2. The number of hydrogen-bond donors (Lipinski definition) is 3. The van der Waals surface area contributed by atoms with Gasteiger partial charge < -0.3 is 20.5 Å². The molecule has 20 heavy (non-hydrogen) atoms. The molecular weight excluding hydrogens is 260 g/mol. The van der Waals surface area contributed by atoms with Crippen molar-refractivity contribution in [3.8, 4) is 5.75 Å². The molecule has 0 radical (unpaired) electrons. The lowest BCUT2D eigenvalue weighted by Gasteiger charge is -2.16. The molecule has 1 saturated heterocycles. The van der Waals surface area contributed by atoms with Crippen molar-refractivity contribution in [2.45, 2.75) is 6.92 Å². The highest BCUT2D eigenvalue weighted by molar-refractivity contribution is 5.94. The van der Waals surface area contributed by atoms with Gasteiger partial charge in [-0.15, -0.1) is 0 Å². The number of carboxylic acids is 1. The monoisotopic (exact) mass is 278 g/mol. The predicted molar refractivity (Wildman–Crippen MR) is 73.7 cm³/mol. The van der Waals surface area contributed by atoms with E-state index in [1.807, 2.05) is 6.92 Å². The van der Waals surface area contributed by atoms with Crippen LogP contribution in [0.3, 0.4) is 0 Å². The number of carbonyl (C=O) groups is 2. The summed E-state index contributed by atoms with van der Waals surface area (Å²) in [6.07, 6.45) is 0. The van der Waals surface area contributed by atoms with Gasteiger partial charge >= 0.3 is 5.97 Å². The number of hydrogen-bond acceptors (Lipinski definition) is 4. The van der Waals surface area contributed by atoms with Gasteiger partial charge in [0.25, 0.3) is 0 Å². The van der Waals surface area contributed by atoms with Gasteiger partial charge in [0, 0.05) is 6.54 Å². The van der Waals surface area contributed by atoms with E-state index in [4.69, 9.17) is 9.84 Å². The predicted octanol–water partition coefficient (Wildman–Crippen LogP) is 0.944. The zero-order valence-corrected chi connectivity index (χ0v) is 11.3. The number of carboxylic acid groups (broad SMARTS) is 1. The molecule has 1 fully saturated rings. The third kappa shape index (κ3) is 3.48. The van der Waals surface area contributed by atoms with E-state index in [0.717, 1.165) is 6.54 Å². The third-order valence-electron chi connectivity index (χ3n) is 3.35. The lowest BCUT2D eigenvalue weighted by Crippen LogP contribution is -2.28. The number of aliphatic carboxylic acids is 1. The van der Waals surface area contributed by atoms with Crippen molar-refractivity contribution in [2.75, 3.05) is 25.0 Å². The lowest BCUT2D eigenvalue weighted by atomic mass is 9.97. The second-order valence-electron chi connectivity index (χ2n) is 4.91. The van der Waals surface area contributed by atoms with Crippen LogP contribution in [0.5, 0.6) is 5.75 Å². The zero-order chi connectivity index (χ0) is 14.5. The molecule has 2 atom stereocenters. The summed E-state index contributed by atoms with van der Waals surface area (Å²) in [6.45, 7) is 3.08. The number of benzene rings is 1. The van der Waals surface area contributed by atoms with Gasteiger partial charge in [-0.3, -0.25) is 4.79 Å². The van der Waals surface area contributed by atoms with E-state index >= 15 is 0 Å². The fourth-order valence-corrected chi connectivity index (χ4v) is 2.22. The van der Waals surface area contributed by atoms with E-state index < -0.39 is 12.6 Å². The number of carbonyl (C=O) groups excluding carboxylic acids is 1. The Hall–Kier alpha value is -2.08. The van der Waals surface area contributed by atoms with Crippen LogP contribution in [0.4, 0.5) is 5.69 Å². The second-order valence-corrected chi connectivity index (χ2v) is 4.91. The summed E-state index contributed by atoms with van der Waals surface area (Å²) in [5, 5.41) is 14.6. The Labute approximate surface area is 117 Å². The third-order valence-corrected chi connectivity index (χ3v) is 3.35. The molecule has 1 aliphatic heterocycles. The maximum atomic E-state index is 12.2. The van der Waals surface area contributed by atoms with Crippen molar-refractivity contribution in [2.24, 2.45) is 11.8 Å². The lowest BCUT2D eigenvalue weighted by molar-refractivity contribution is -0.139. The van der Waals surface area contributed by atoms with Gasteiger partial charge in [-0.05, 0) is 24.6 Å². The summed E-state index contributed by atoms with van der Waals surface area (Å²) in [5.74, 6) is -0.569. The Morgan fingerprint density at radius 3 is 2.80 bits per heavy atom. The van der Waals surface area contributed by atoms with Crippen molar-refractivity contribution in [3.05, 3.63) is 24.3 Å². The van der Waals surface area contributed by atoms with Gasteiger partial charge in [-0.1, -0.05) is 19.1 Å². The minimum Gasteiger partial charge on any atom is -0.480 e. The summed E-state index contributed by atoms with van der Waals surface area (Å²) in [4.78, 5) is 22.7. The van der Waals surface area contributed by atoms with Crippen molar-refractivity contribution >= 4 is 17.6 Å². The van der Waals surface area contributed by atoms with Gasteiger partial charge in [0.2, 0.25) is 5.91 Å². The van der Waals surface area contributed by atoms with Crippen LogP contribution < -0.4 is 15.4 Å². The molecule has 6 nitrogen and oxygen atoms in total. The summed E-state index contributed by atoms with van der Waals surface area (Å²) in [6, 6.07) is 6.82. The van der Waals surface area contributed by atoms with Gasteiger partial charge in [0.05, 0.1) is 11.6 Å². The van der Waals surface area contributed by atoms with Crippen LogP contribution in [0.15, 0.2) is 24.3 Å². The Balaban J connectivity index is 2.04. The first-order valence-corrected chi connectivity index (χ1v) is 6.53. The molecule has 1 aromatic carbocycles. The van der Waals surface area contributed by atoms with Crippen LogP contribution in [-0.4, -0.2) is 36.7 Å². The molecule has 2 rings (SSSR count). The molecule has 6 heteroatoms. The fourth-order valence-electron chi connectivity index (χ4n) is 2.22. The Kier molecular flexibility index (Phi) is 4.57. The van der Waals surface area contributed by atoms with E-state index in [1.54, 1.807) is 24.3 Å². The quantitative estimate of drug-likeness (QED) is 0.746. The number of anilines is 1. The van der Waals surface area contributed by atoms with E-state index in [2.05, 4.69) is 10.6 Å². The van der Waals surface area contributed by atoms with E-state index in [-0.39, 0.29) is 17.7 Å². The van der Waals surface area contributed by atoms with Gasteiger partial charge in [0.1, 0.15) is 5.75 Å². The first kappa shape index (κ1) is 14.3. The van der Waals surface area contributed by atoms with Crippen LogP contribution in [0.1, 0.15) is 6.92 Å². The number of amides is 1. The van der Waals surface area contributed by atoms with Gasteiger partial charge in [0.15, 0.2) is 6.61 Å². The molecule has 1 amide bonds. The molecule has 0 bridgehead atoms. The van der Waals surface area contributed by atoms with Crippen molar-refractivity contribution in [1.29, 1.82) is 0 Å². The summed E-state index contributed by atoms with van der Waals surface area (Å²) in [7, 11) is 0. The molecule has 3 N–H and O–H groups in total. The average molecular weight is 278 g/mol. The molecule has 0 saturated carbocycles. The molecular formula is C14H18N2O4. The van der Waals surface area contributed by atoms with Crippen LogP contribution in [0, 0.1) is 11.8 Å². The first-order chi connectivity index (χ1) is 9.58. The minimum atomic E-state index is -1.06. The van der Waals surface area contributed by atoms with Crippen LogP contribution in [0.25, 0.3) is 0 Å². The van der Waals surface area contributed by atoms with Crippen molar-refractivity contribution in [1.82, 2.24) is 5.32 Å². The minimum absolute atomic E-state index is 0.0751.